The Kier molecular flexibility index (Phi) is 3.89. The Balaban J connectivity index is 2.49. The van der Waals surface area contributed by atoms with Crippen molar-refractivity contribution in [2.75, 3.05) is 11.1 Å². The Hall–Kier alpha value is -1.83. The van der Waals surface area contributed by atoms with Crippen molar-refractivity contribution in [2.24, 2.45) is 0 Å². The van der Waals surface area contributed by atoms with Gasteiger partial charge in [0.25, 0.3) is 0 Å². The second-order valence-electron chi connectivity index (χ2n) is 3.79. The third kappa shape index (κ3) is 2.78. The highest BCUT2D eigenvalue weighted by Gasteiger charge is 2.17. The first kappa shape index (κ1) is 13.6. The summed E-state index contributed by atoms with van der Waals surface area (Å²) >= 11 is 2.12. The number of anilines is 3. The molecule has 2 aromatic rings. The molecule has 0 atom stereocenters. The summed E-state index contributed by atoms with van der Waals surface area (Å²) in [4.78, 5) is 11.2. The molecule has 0 aliphatic carbocycles. The number of benzene rings is 2. The second kappa shape index (κ2) is 5.43. The highest BCUT2D eigenvalue weighted by atomic mass is 127. The van der Waals surface area contributed by atoms with Gasteiger partial charge in [-0.15, -0.1) is 0 Å². The maximum Gasteiger partial charge on any atom is 0.340 e. The number of nitrogens with one attached hydrogen (secondary N) is 1. The van der Waals surface area contributed by atoms with E-state index in [1.807, 2.05) is 18.2 Å². The van der Waals surface area contributed by atoms with Crippen molar-refractivity contribution in [3.63, 3.8) is 0 Å². The van der Waals surface area contributed by atoms with E-state index in [0.717, 1.165) is 15.3 Å². The van der Waals surface area contributed by atoms with Gasteiger partial charge in [0.15, 0.2) is 0 Å². The van der Waals surface area contributed by atoms with Crippen molar-refractivity contribution in [3.05, 3.63) is 51.3 Å². The van der Waals surface area contributed by atoms with Crippen molar-refractivity contribution in [1.82, 2.24) is 0 Å². The maximum absolute atomic E-state index is 13.3. The minimum atomic E-state index is -1.27. The molecule has 6 heteroatoms. The van der Waals surface area contributed by atoms with Gasteiger partial charge in [0, 0.05) is 3.57 Å². The predicted octanol–water partition coefficient (Wildman–Crippen LogP) is 3.45. The molecule has 0 saturated heterocycles. The van der Waals surface area contributed by atoms with Gasteiger partial charge in [-0.1, -0.05) is 12.1 Å². The van der Waals surface area contributed by atoms with E-state index in [-0.39, 0.29) is 16.9 Å². The Bertz CT molecular complexity index is 647. The normalized spacial score (nSPS) is 10.2. The predicted molar refractivity (Wildman–Crippen MR) is 80.2 cm³/mol. The van der Waals surface area contributed by atoms with E-state index >= 15 is 0 Å². The molecule has 0 unspecified atom stereocenters. The molecule has 2 aromatic carbocycles. The molecule has 98 valence electrons. The minimum absolute atomic E-state index is 0.260. The molecule has 0 amide bonds. The first-order chi connectivity index (χ1) is 9.00. The molecule has 4 N–H and O–H groups in total. The third-order valence-electron chi connectivity index (χ3n) is 2.55. The van der Waals surface area contributed by atoms with Crippen molar-refractivity contribution < 1.29 is 14.3 Å². The third-order valence-corrected chi connectivity index (χ3v) is 3.49. The van der Waals surface area contributed by atoms with Crippen molar-refractivity contribution in [1.29, 1.82) is 0 Å². The Morgan fingerprint density at radius 3 is 2.53 bits per heavy atom. The number of carbonyl (C=O) groups is 1. The summed E-state index contributed by atoms with van der Waals surface area (Å²) in [5.74, 6) is -2.02. The van der Waals surface area contributed by atoms with E-state index in [2.05, 4.69) is 27.9 Å². The number of nitrogens with two attached hydrogens (primary N) is 1. The maximum atomic E-state index is 13.3. The number of carboxylic acid groups (broad SMARTS) is 1. The van der Waals surface area contributed by atoms with E-state index in [1.54, 1.807) is 6.07 Å². The number of nitrogen functional groups attached to an aromatic ring is 1. The van der Waals surface area contributed by atoms with Crippen LogP contribution in [0.1, 0.15) is 10.4 Å². The number of hydrogen-bond acceptors (Lipinski definition) is 3. The lowest BCUT2D eigenvalue weighted by molar-refractivity contribution is 0.0698. The van der Waals surface area contributed by atoms with Crippen LogP contribution in [0.25, 0.3) is 0 Å². The zero-order valence-electron chi connectivity index (χ0n) is 9.65. The average molecular weight is 372 g/mol. The standard InChI is InChI=1S/C13H10FIN2O2/c14-7-5-6-10(11(12(7)16)13(18)19)17-9-4-2-1-3-8(9)15/h1-6,17H,16H2,(H,18,19). The van der Waals surface area contributed by atoms with E-state index in [9.17, 15) is 9.18 Å². The quantitative estimate of drug-likeness (QED) is 0.570. The van der Waals surface area contributed by atoms with Gasteiger partial charge in [-0.25, -0.2) is 9.18 Å². The van der Waals surface area contributed by atoms with Crippen LogP contribution in [0.2, 0.25) is 0 Å². The summed E-state index contributed by atoms with van der Waals surface area (Å²) in [5, 5.41) is 12.1. The average Bonchev–Trinajstić information content (AvgIpc) is 2.36. The summed E-state index contributed by atoms with van der Waals surface area (Å²) in [7, 11) is 0. The lowest BCUT2D eigenvalue weighted by atomic mass is 10.1. The molecule has 0 heterocycles. The minimum Gasteiger partial charge on any atom is -0.478 e. The monoisotopic (exact) mass is 372 g/mol. The largest absolute Gasteiger partial charge is 0.478 e. The molecular weight excluding hydrogens is 362 g/mol. The van der Waals surface area contributed by atoms with E-state index in [4.69, 9.17) is 10.8 Å². The van der Waals surface area contributed by atoms with Gasteiger partial charge < -0.3 is 16.2 Å². The smallest absolute Gasteiger partial charge is 0.340 e. The van der Waals surface area contributed by atoms with Crippen LogP contribution in [0.4, 0.5) is 21.5 Å². The lowest BCUT2D eigenvalue weighted by Gasteiger charge is -2.13. The van der Waals surface area contributed by atoms with E-state index in [1.165, 1.54) is 6.07 Å². The molecular formula is C13H10FIN2O2. The van der Waals surface area contributed by atoms with Crippen LogP contribution in [0, 0.1) is 9.39 Å². The molecule has 0 aromatic heterocycles. The van der Waals surface area contributed by atoms with Gasteiger partial charge in [0.1, 0.15) is 11.4 Å². The summed E-state index contributed by atoms with van der Waals surface area (Å²) in [6.45, 7) is 0. The zero-order valence-corrected chi connectivity index (χ0v) is 11.8. The summed E-state index contributed by atoms with van der Waals surface area (Å²) in [6.07, 6.45) is 0. The van der Waals surface area contributed by atoms with Crippen LogP contribution in [-0.4, -0.2) is 11.1 Å². The van der Waals surface area contributed by atoms with Crippen molar-refractivity contribution >= 4 is 45.6 Å². The van der Waals surface area contributed by atoms with Crippen LogP contribution < -0.4 is 11.1 Å². The van der Waals surface area contributed by atoms with Crippen molar-refractivity contribution in [3.8, 4) is 0 Å². The number of aromatic carboxylic acids is 1. The molecule has 0 spiro atoms. The fourth-order valence-electron chi connectivity index (χ4n) is 1.64. The summed E-state index contributed by atoms with van der Waals surface area (Å²) in [6, 6.07) is 9.85. The van der Waals surface area contributed by atoms with Gasteiger partial charge >= 0.3 is 5.97 Å². The Morgan fingerprint density at radius 1 is 1.21 bits per heavy atom. The van der Waals surface area contributed by atoms with Crippen LogP contribution in [0.3, 0.4) is 0 Å². The number of para-hydroxylation sites is 1. The van der Waals surface area contributed by atoms with Crippen LogP contribution in [-0.2, 0) is 0 Å². The molecule has 0 aliphatic heterocycles. The number of hydrogen-bond donors (Lipinski definition) is 3. The first-order valence-corrected chi connectivity index (χ1v) is 6.41. The zero-order chi connectivity index (χ0) is 14.0. The highest BCUT2D eigenvalue weighted by Crippen LogP contribution is 2.29. The summed E-state index contributed by atoms with van der Waals surface area (Å²) in [5.41, 5.74) is 5.84. The molecule has 4 nitrogen and oxygen atoms in total. The van der Waals surface area contributed by atoms with Crippen LogP contribution >= 0.6 is 22.6 Å². The highest BCUT2D eigenvalue weighted by molar-refractivity contribution is 14.1. The van der Waals surface area contributed by atoms with Gasteiger partial charge in [0.2, 0.25) is 0 Å². The molecule has 0 saturated carbocycles. The molecule has 2 rings (SSSR count). The van der Waals surface area contributed by atoms with E-state index in [0.29, 0.717) is 0 Å². The number of carboxylic acids is 1. The fourth-order valence-corrected chi connectivity index (χ4v) is 2.16. The SMILES string of the molecule is Nc1c(F)ccc(Nc2ccccc2I)c1C(=O)O. The molecule has 0 fully saturated rings. The molecule has 0 radical (unpaired) electrons. The van der Waals surface area contributed by atoms with Gasteiger partial charge in [0.05, 0.1) is 17.1 Å². The first-order valence-electron chi connectivity index (χ1n) is 5.33. The lowest BCUT2D eigenvalue weighted by Crippen LogP contribution is -2.09. The molecule has 19 heavy (non-hydrogen) atoms. The van der Waals surface area contributed by atoms with Gasteiger partial charge in [-0.3, -0.25) is 0 Å². The van der Waals surface area contributed by atoms with Crippen LogP contribution in [0.5, 0.6) is 0 Å². The molecule has 0 aliphatic rings. The Labute approximate surface area is 122 Å². The second-order valence-corrected chi connectivity index (χ2v) is 4.96. The fraction of sp³-hybridized carbons (Fsp3) is 0. The van der Waals surface area contributed by atoms with Crippen LogP contribution in [0.15, 0.2) is 36.4 Å². The summed E-state index contributed by atoms with van der Waals surface area (Å²) < 4.78 is 14.2. The van der Waals surface area contributed by atoms with E-state index < -0.39 is 11.8 Å². The number of rotatable bonds is 3. The van der Waals surface area contributed by atoms with Gasteiger partial charge in [-0.05, 0) is 46.9 Å². The Morgan fingerprint density at radius 2 is 1.89 bits per heavy atom. The topological polar surface area (TPSA) is 75.3 Å². The van der Waals surface area contributed by atoms with Crippen molar-refractivity contribution in [2.45, 2.75) is 0 Å². The number of halogens is 2. The van der Waals surface area contributed by atoms with Gasteiger partial charge in [-0.2, -0.15) is 0 Å². The molecule has 0 bridgehead atoms.